The summed E-state index contributed by atoms with van der Waals surface area (Å²) in [5, 5.41) is 1.38. The molecule has 0 heterocycles. The molecule has 0 aromatic heterocycles. The van der Waals surface area contributed by atoms with Gasteiger partial charge in [-0.15, -0.1) is 0 Å². The van der Waals surface area contributed by atoms with Gasteiger partial charge in [-0.1, -0.05) is 14.7 Å². The van der Waals surface area contributed by atoms with Crippen molar-refractivity contribution in [1.29, 1.82) is 0 Å². The lowest BCUT2D eigenvalue weighted by Gasteiger charge is -2.37. The second kappa shape index (κ2) is 10.2. The molecule has 0 amide bonds. The summed E-state index contributed by atoms with van der Waals surface area (Å²) in [4.78, 5) is 2.17. The number of methoxy groups -OCH3 is 1. The molecule has 118 valence electrons. The first kappa shape index (κ1) is 19.4. The van der Waals surface area contributed by atoms with Crippen molar-refractivity contribution in [2.45, 2.75) is 40.2 Å². The van der Waals surface area contributed by atoms with Gasteiger partial charge in [-0.2, -0.15) is 0 Å². The highest BCUT2D eigenvalue weighted by Gasteiger charge is 2.26. The van der Waals surface area contributed by atoms with E-state index in [0.29, 0.717) is 8.58 Å². The fourth-order valence-electron chi connectivity index (χ4n) is 1.72. The number of nitrogens with zero attached hydrogens (tertiary/aromatic N) is 1. The van der Waals surface area contributed by atoms with Crippen LogP contribution in [0.1, 0.15) is 34.6 Å². The summed E-state index contributed by atoms with van der Waals surface area (Å²) >= 11 is 0. The van der Waals surface area contributed by atoms with E-state index in [1.165, 1.54) is 5.31 Å². The van der Waals surface area contributed by atoms with E-state index in [-0.39, 0.29) is 12.3 Å². The lowest BCUT2D eigenvalue weighted by Crippen LogP contribution is -2.38. The van der Waals surface area contributed by atoms with E-state index in [1.807, 2.05) is 20.0 Å². The van der Waals surface area contributed by atoms with E-state index in [0.717, 1.165) is 18.7 Å². The van der Waals surface area contributed by atoms with Gasteiger partial charge in [0.1, 0.15) is 5.76 Å². The van der Waals surface area contributed by atoms with Crippen LogP contribution in [0.5, 0.6) is 0 Å². The molecule has 0 fully saturated rings. The van der Waals surface area contributed by atoms with Crippen molar-refractivity contribution in [3.63, 3.8) is 0 Å². The van der Waals surface area contributed by atoms with Crippen molar-refractivity contribution in [2.24, 2.45) is 0 Å². The predicted molar refractivity (Wildman–Crippen MR) is 87.1 cm³/mol. The van der Waals surface area contributed by atoms with E-state index in [2.05, 4.69) is 38.8 Å². The minimum Gasteiger partial charge on any atom is -0.471 e. The summed E-state index contributed by atoms with van der Waals surface area (Å²) in [7, 11) is 4.36. The van der Waals surface area contributed by atoms with Gasteiger partial charge < -0.3 is 19.1 Å². The average Bonchev–Trinajstić information content (AvgIpc) is 2.41. The third-order valence-electron chi connectivity index (χ3n) is 3.18. The molecule has 0 saturated carbocycles. The number of hydrogen-bond donors (Lipinski definition) is 0. The molecule has 0 aliphatic heterocycles. The summed E-state index contributed by atoms with van der Waals surface area (Å²) in [5.74, 6) is 0.839. The molecule has 1 atom stereocenters. The minimum absolute atomic E-state index is 0.0675. The van der Waals surface area contributed by atoms with Gasteiger partial charge in [0, 0.05) is 27.0 Å². The first-order valence-electron chi connectivity index (χ1n) is 6.91. The maximum atomic E-state index is 5.47. The van der Waals surface area contributed by atoms with Crippen LogP contribution in [-0.4, -0.2) is 44.3 Å². The van der Waals surface area contributed by atoms with Crippen LogP contribution in [0.4, 0.5) is 0 Å². The van der Waals surface area contributed by atoms with E-state index in [1.54, 1.807) is 7.11 Å². The van der Waals surface area contributed by atoms with Crippen LogP contribution in [0.15, 0.2) is 23.3 Å². The summed E-state index contributed by atoms with van der Waals surface area (Å²) in [6, 6.07) is 0. The van der Waals surface area contributed by atoms with Crippen LogP contribution < -0.4 is 0 Å². The molecule has 0 saturated heterocycles. The molecule has 0 aromatic rings. The number of hydrogen-bond acceptors (Lipinski definition) is 4. The monoisotopic (exact) mass is 303 g/mol. The van der Waals surface area contributed by atoms with Gasteiger partial charge in [0.2, 0.25) is 0 Å². The molecular weight excluding hydrogens is 273 g/mol. The van der Waals surface area contributed by atoms with Gasteiger partial charge in [0.15, 0.2) is 6.79 Å². The van der Waals surface area contributed by atoms with Crippen molar-refractivity contribution >= 4 is 8.58 Å². The van der Waals surface area contributed by atoms with Crippen LogP contribution >= 0.6 is 8.58 Å². The van der Waals surface area contributed by atoms with E-state index in [4.69, 9.17) is 14.2 Å². The van der Waals surface area contributed by atoms with Crippen LogP contribution in [0.25, 0.3) is 0 Å². The molecule has 0 aliphatic carbocycles. The van der Waals surface area contributed by atoms with Crippen molar-refractivity contribution in [1.82, 2.24) is 4.90 Å². The van der Waals surface area contributed by atoms with Gasteiger partial charge >= 0.3 is 0 Å². The van der Waals surface area contributed by atoms with Gasteiger partial charge in [-0.3, -0.25) is 0 Å². The number of rotatable bonds is 10. The maximum absolute atomic E-state index is 5.47. The fourth-order valence-corrected chi connectivity index (χ4v) is 2.99. The summed E-state index contributed by atoms with van der Waals surface area (Å²) in [5.41, 5.74) is -0.0675. The lowest BCUT2D eigenvalue weighted by atomic mass is 10.0. The minimum atomic E-state index is -0.0675. The quantitative estimate of drug-likeness (QED) is 0.266. The molecule has 0 aromatic carbocycles. The highest BCUT2D eigenvalue weighted by atomic mass is 31.1. The molecule has 4 nitrogen and oxygen atoms in total. The third-order valence-corrected chi connectivity index (χ3v) is 4.81. The average molecular weight is 303 g/mol. The first-order chi connectivity index (χ1) is 9.39. The second-order valence-electron chi connectivity index (χ2n) is 4.98. The SMILES string of the molecule is C/C=C(\PCOCC)C(C)(C)N(C)/C=C(\C)OCOC. The molecule has 0 rings (SSSR count). The molecule has 0 radical (unpaired) electrons. The Kier molecular flexibility index (Phi) is 9.91. The summed E-state index contributed by atoms with van der Waals surface area (Å²) in [6.07, 6.45) is 4.98. The Morgan fingerprint density at radius 1 is 1.35 bits per heavy atom. The molecule has 5 heteroatoms. The Labute approximate surface area is 125 Å². The Morgan fingerprint density at radius 3 is 2.50 bits per heavy atom. The molecule has 0 bridgehead atoms. The van der Waals surface area contributed by atoms with E-state index < -0.39 is 0 Å². The molecule has 1 unspecified atom stereocenters. The highest BCUT2D eigenvalue weighted by molar-refractivity contribution is 7.43. The number of likely N-dealkylation sites (N-methyl/N-ethyl adjacent to an activating group) is 1. The topological polar surface area (TPSA) is 30.9 Å². The molecule has 0 spiro atoms. The van der Waals surface area contributed by atoms with Crippen molar-refractivity contribution in [2.75, 3.05) is 33.9 Å². The van der Waals surface area contributed by atoms with Gasteiger partial charge in [0.05, 0.1) is 11.9 Å². The van der Waals surface area contributed by atoms with Crippen molar-refractivity contribution < 1.29 is 14.2 Å². The normalized spacial score (nSPS) is 14.2. The maximum Gasteiger partial charge on any atom is 0.188 e. The smallest absolute Gasteiger partial charge is 0.188 e. The van der Waals surface area contributed by atoms with E-state index in [9.17, 15) is 0 Å². The van der Waals surface area contributed by atoms with Gasteiger partial charge in [-0.05, 0) is 39.9 Å². The fraction of sp³-hybridized carbons (Fsp3) is 0.733. The zero-order valence-electron chi connectivity index (χ0n) is 13.9. The van der Waals surface area contributed by atoms with Gasteiger partial charge in [-0.25, -0.2) is 0 Å². The van der Waals surface area contributed by atoms with Crippen LogP contribution in [-0.2, 0) is 14.2 Å². The second-order valence-corrected chi connectivity index (χ2v) is 6.16. The Hall–Kier alpha value is -0.570. The zero-order valence-corrected chi connectivity index (χ0v) is 14.9. The standard InChI is InChI=1S/C15H30NO3P/c1-8-14(20-12-18-9-2)15(4,5)16(6)10-13(3)19-11-17-7/h8,10,20H,9,11-12H2,1-7H3/b13-10+,14-8-. The highest BCUT2D eigenvalue weighted by Crippen LogP contribution is 2.37. The van der Waals surface area contributed by atoms with E-state index >= 15 is 0 Å². The number of allylic oxidation sites excluding steroid dienone is 2. The molecular formula is C15H30NO3P. The lowest BCUT2D eigenvalue weighted by molar-refractivity contribution is 0.00390. The van der Waals surface area contributed by atoms with Crippen LogP contribution in [0.2, 0.25) is 0 Å². The summed E-state index contributed by atoms with van der Waals surface area (Å²) < 4.78 is 15.8. The Bertz CT molecular complexity index is 327. The van der Waals surface area contributed by atoms with Crippen molar-refractivity contribution in [3.05, 3.63) is 23.3 Å². The Morgan fingerprint density at radius 2 is 2.00 bits per heavy atom. The van der Waals surface area contributed by atoms with Crippen LogP contribution in [0, 0.1) is 0 Å². The van der Waals surface area contributed by atoms with Gasteiger partial charge in [0.25, 0.3) is 0 Å². The van der Waals surface area contributed by atoms with Crippen molar-refractivity contribution in [3.8, 4) is 0 Å². The number of ether oxygens (including phenoxy) is 3. The predicted octanol–water partition coefficient (Wildman–Crippen LogP) is 3.75. The third kappa shape index (κ3) is 6.74. The summed E-state index contributed by atoms with van der Waals surface area (Å²) in [6.45, 7) is 11.5. The van der Waals surface area contributed by atoms with Crippen LogP contribution in [0.3, 0.4) is 0 Å². The molecule has 0 aliphatic rings. The largest absolute Gasteiger partial charge is 0.471 e. The molecule has 20 heavy (non-hydrogen) atoms. The molecule has 0 N–H and O–H groups in total. The Balaban J connectivity index is 4.72. The first-order valence-corrected chi connectivity index (χ1v) is 8.12. The zero-order chi connectivity index (χ0) is 15.6.